The van der Waals surface area contributed by atoms with E-state index in [4.69, 9.17) is 4.52 Å². The molecule has 2 N–H and O–H groups in total. The Balaban J connectivity index is 1.32. The molecule has 0 atom stereocenters. The zero-order valence-corrected chi connectivity index (χ0v) is 15.5. The molecule has 1 aromatic heterocycles. The summed E-state index contributed by atoms with van der Waals surface area (Å²) in [6, 6.07) is 8.90. The number of nitrogens with zero attached hydrogens (tertiary/aromatic N) is 1. The number of benzene rings is 1. The molecule has 6 heteroatoms. The predicted octanol–water partition coefficient (Wildman–Crippen LogP) is 4.11. The Morgan fingerprint density at radius 1 is 1.00 bits per heavy atom. The molecule has 2 amide bonds. The second-order valence-electron chi connectivity index (χ2n) is 7.85. The highest BCUT2D eigenvalue weighted by atomic mass is 16.5. The van der Waals surface area contributed by atoms with Crippen molar-refractivity contribution >= 4 is 17.5 Å². The van der Waals surface area contributed by atoms with Crippen LogP contribution in [0.4, 0.5) is 5.69 Å². The van der Waals surface area contributed by atoms with Gasteiger partial charge in [0.05, 0.1) is 0 Å². The van der Waals surface area contributed by atoms with Gasteiger partial charge in [0.25, 0.3) is 11.8 Å². The van der Waals surface area contributed by atoms with E-state index in [1.807, 2.05) is 0 Å². The van der Waals surface area contributed by atoms with Gasteiger partial charge in [-0.25, -0.2) is 0 Å². The van der Waals surface area contributed by atoms with Crippen LogP contribution in [-0.4, -0.2) is 23.0 Å². The maximum absolute atomic E-state index is 12.4. The molecule has 2 fully saturated rings. The predicted molar refractivity (Wildman–Crippen MR) is 102 cm³/mol. The third-order valence-electron chi connectivity index (χ3n) is 5.50. The van der Waals surface area contributed by atoms with Crippen molar-refractivity contribution in [1.82, 2.24) is 10.5 Å². The number of carbonyl (C=O) groups is 2. The van der Waals surface area contributed by atoms with Crippen molar-refractivity contribution in [2.45, 2.75) is 57.4 Å². The van der Waals surface area contributed by atoms with Crippen LogP contribution in [0.1, 0.15) is 78.0 Å². The molecule has 27 heavy (non-hydrogen) atoms. The average molecular weight is 367 g/mol. The highest BCUT2D eigenvalue weighted by Gasteiger charge is 2.29. The van der Waals surface area contributed by atoms with Crippen LogP contribution in [0.2, 0.25) is 0 Å². The molecule has 2 aromatic rings. The van der Waals surface area contributed by atoms with E-state index >= 15 is 0 Å². The van der Waals surface area contributed by atoms with Crippen LogP contribution in [0.25, 0.3) is 0 Å². The molecule has 2 aliphatic rings. The molecule has 0 bridgehead atoms. The number of anilines is 1. The third kappa shape index (κ3) is 4.38. The first-order valence-electron chi connectivity index (χ1n) is 9.77. The minimum Gasteiger partial charge on any atom is -0.360 e. The summed E-state index contributed by atoms with van der Waals surface area (Å²) in [7, 11) is 0. The molecule has 1 heterocycles. The van der Waals surface area contributed by atoms with Crippen molar-refractivity contribution < 1.29 is 14.1 Å². The Morgan fingerprint density at radius 2 is 1.70 bits per heavy atom. The van der Waals surface area contributed by atoms with Gasteiger partial charge in [0.2, 0.25) is 0 Å². The molecule has 0 spiro atoms. The summed E-state index contributed by atoms with van der Waals surface area (Å²) in [5.74, 6) is 1.59. The smallest absolute Gasteiger partial charge is 0.277 e. The number of rotatable bonds is 5. The molecule has 6 nitrogen and oxygen atoms in total. The van der Waals surface area contributed by atoms with Crippen LogP contribution in [0.15, 0.2) is 34.9 Å². The van der Waals surface area contributed by atoms with Crippen LogP contribution in [0.5, 0.6) is 0 Å². The zero-order valence-electron chi connectivity index (χ0n) is 15.5. The topological polar surface area (TPSA) is 84.2 Å². The molecule has 2 aliphatic carbocycles. The van der Waals surface area contributed by atoms with Gasteiger partial charge in [0.15, 0.2) is 5.69 Å². The van der Waals surface area contributed by atoms with E-state index < -0.39 is 0 Å². The van der Waals surface area contributed by atoms with Gasteiger partial charge < -0.3 is 15.2 Å². The van der Waals surface area contributed by atoms with Gasteiger partial charge in [-0.15, -0.1) is 0 Å². The largest absolute Gasteiger partial charge is 0.360 e. The van der Waals surface area contributed by atoms with Gasteiger partial charge in [-0.3, -0.25) is 9.59 Å². The average Bonchev–Trinajstić information content (AvgIpc) is 3.40. The first-order chi connectivity index (χ1) is 13.1. The van der Waals surface area contributed by atoms with E-state index in [2.05, 4.69) is 22.7 Å². The molecule has 0 radical (unpaired) electrons. The van der Waals surface area contributed by atoms with Crippen LogP contribution >= 0.6 is 0 Å². The molecular weight excluding hydrogens is 342 g/mol. The number of carbonyl (C=O) groups excluding carboxylic acids is 2. The number of hydrogen-bond acceptors (Lipinski definition) is 4. The first-order valence-corrected chi connectivity index (χ1v) is 9.77. The second kappa shape index (κ2) is 7.55. The van der Waals surface area contributed by atoms with Gasteiger partial charge >= 0.3 is 0 Å². The fourth-order valence-corrected chi connectivity index (χ4v) is 3.53. The summed E-state index contributed by atoms with van der Waals surface area (Å²) in [6.45, 7) is 2.26. The molecule has 142 valence electrons. The quantitative estimate of drug-likeness (QED) is 0.833. The minimum atomic E-state index is -0.306. The standard InChI is InChI=1S/C21H25N3O3/c1-13-2-8-16(9-3-13)22-20(25)15-6-10-17(11-7-15)23-21(26)18-12-19(27-24-18)14-4-5-14/h6-7,10-14,16H,2-5,8-9H2,1H3,(H,22,25)(H,23,26). The normalized spacial score (nSPS) is 22.3. The summed E-state index contributed by atoms with van der Waals surface area (Å²) >= 11 is 0. The Kier molecular flexibility index (Phi) is 4.97. The molecule has 4 rings (SSSR count). The Bertz CT molecular complexity index is 815. The van der Waals surface area contributed by atoms with Crippen molar-refractivity contribution in [3.8, 4) is 0 Å². The summed E-state index contributed by atoms with van der Waals surface area (Å²) in [5, 5.41) is 9.74. The molecule has 0 unspecified atom stereocenters. The van der Waals surface area contributed by atoms with E-state index in [0.717, 1.165) is 37.4 Å². The van der Waals surface area contributed by atoms with Gasteiger partial charge in [-0.2, -0.15) is 0 Å². The number of hydrogen-bond donors (Lipinski definition) is 2. The van der Waals surface area contributed by atoms with Crippen LogP contribution in [0, 0.1) is 5.92 Å². The van der Waals surface area contributed by atoms with E-state index in [1.165, 1.54) is 12.8 Å². The van der Waals surface area contributed by atoms with Crippen molar-refractivity contribution in [2.24, 2.45) is 5.92 Å². The van der Waals surface area contributed by atoms with Gasteiger partial charge in [-0.1, -0.05) is 12.1 Å². The third-order valence-corrected chi connectivity index (χ3v) is 5.50. The van der Waals surface area contributed by atoms with Gasteiger partial charge in [0.1, 0.15) is 5.76 Å². The summed E-state index contributed by atoms with van der Waals surface area (Å²) < 4.78 is 5.21. The van der Waals surface area contributed by atoms with E-state index in [9.17, 15) is 9.59 Å². The SMILES string of the molecule is CC1CCC(NC(=O)c2ccc(NC(=O)c3cc(C4CC4)on3)cc2)CC1. The molecule has 0 saturated heterocycles. The fraction of sp³-hybridized carbons (Fsp3) is 0.476. The van der Waals surface area contributed by atoms with Crippen molar-refractivity contribution in [3.05, 3.63) is 47.3 Å². The fourth-order valence-electron chi connectivity index (χ4n) is 3.53. The Morgan fingerprint density at radius 3 is 2.37 bits per heavy atom. The Hall–Kier alpha value is -2.63. The highest BCUT2D eigenvalue weighted by Crippen LogP contribution is 2.40. The monoisotopic (exact) mass is 367 g/mol. The number of aromatic nitrogens is 1. The lowest BCUT2D eigenvalue weighted by Crippen LogP contribution is -2.37. The summed E-state index contributed by atoms with van der Waals surface area (Å²) in [6.07, 6.45) is 6.61. The van der Waals surface area contributed by atoms with E-state index in [0.29, 0.717) is 17.2 Å². The maximum Gasteiger partial charge on any atom is 0.277 e. The van der Waals surface area contributed by atoms with E-state index in [1.54, 1.807) is 30.3 Å². The highest BCUT2D eigenvalue weighted by molar-refractivity contribution is 6.03. The molecular formula is C21H25N3O3. The maximum atomic E-state index is 12.4. The number of nitrogens with one attached hydrogen (secondary N) is 2. The minimum absolute atomic E-state index is 0.0574. The van der Waals surface area contributed by atoms with E-state index in [-0.39, 0.29) is 23.6 Å². The summed E-state index contributed by atoms with van der Waals surface area (Å²) in [5.41, 5.74) is 1.51. The summed E-state index contributed by atoms with van der Waals surface area (Å²) in [4.78, 5) is 24.7. The Labute approximate surface area is 158 Å². The van der Waals surface area contributed by atoms with Gasteiger partial charge in [0, 0.05) is 29.3 Å². The lowest BCUT2D eigenvalue weighted by molar-refractivity contribution is 0.0922. The van der Waals surface area contributed by atoms with Crippen molar-refractivity contribution in [3.63, 3.8) is 0 Å². The van der Waals surface area contributed by atoms with Gasteiger partial charge in [-0.05, 0) is 68.7 Å². The van der Waals surface area contributed by atoms with Crippen LogP contribution in [-0.2, 0) is 0 Å². The first kappa shape index (κ1) is 17.8. The second-order valence-corrected chi connectivity index (χ2v) is 7.85. The lowest BCUT2D eigenvalue weighted by atomic mass is 9.87. The van der Waals surface area contributed by atoms with Crippen LogP contribution < -0.4 is 10.6 Å². The van der Waals surface area contributed by atoms with Crippen molar-refractivity contribution in [2.75, 3.05) is 5.32 Å². The number of amides is 2. The lowest BCUT2D eigenvalue weighted by Gasteiger charge is -2.26. The molecule has 2 saturated carbocycles. The molecule has 0 aliphatic heterocycles. The van der Waals surface area contributed by atoms with Crippen LogP contribution in [0.3, 0.4) is 0 Å². The molecule has 1 aromatic carbocycles. The zero-order chi connectivity index (χ0) is 18.8. The van der Waals surface area contributed by atoms with Crippen molar-refractivity contribution in [1.29, 1.82) is 0 Å².